The molecule has 1 heterocycles. The first-order chi connectivity index (χ1) is 15.6. The third-order valence-corrected chi connectivity index (χ3v) is 5.79. The number of aromatic amines is 1. The number of ether oxygens (including phenoxy) is 1. The van der Waals surface area contributed by atoms with E-state index in [9.17, 15) is 9.59 Å². The lowest BCUT2D eigenvalue weighted by Gasteiger charge is -2.18. The predicted octanol–water partition coefficient (Wildman–Crippen LogP) is 6.27. The standard InChI is InChI=1S/C26H23BrN2O3/c1-2-32-26(31)25-24(21-15-19(27)13-14-22(21)28-25)29-23(30)16-20(17-9-5-3-6-10-17)18-11-7-4-8-12-18/h3-15,20,28H,2,16H2,1H3,(H,29,30). The van der Waals surface area contributed by atoms with E-state index in [-0.39, 0.29) is 30.5 Å². The van der Waals surface area contributed by atoms with Gasteiger partial charge in [-0.05, 0) is 36.2 Å². The molecule has 1 aromatic heterocycles. The van der Waals surface area contributed by atoms with Crippen molar-refractivity contribution in [3.05, 3.63) is 100 Å². The Morgan fingerprint density at radius 1 is 0.969 bits per heavy atom. The molecular weight excluding hydrogens is 468 g/mol. The van der Waals surface area contributed by atoms with Crippen molar-refractivity contribution in [1.29, 1.82) is 0 Å². The number of H-pyrrole nitrogens is 1. The highest BCUT2D eigenvalue weighted by Crippen LogP contribution is 2.33. The van der Waals surface area contributed by atoms with Gasteiger partial charge in [0.2, 0.25) is 5.91 Å². The van der Waals surface area contributed by atoms with Gasteiger partial charge in [0.15, 0.2) is 0 Å². The summed E-state index contributed by atoms with van der Waals surface area (Å²) in [5.41, 5.74) is 3.53. The fourth-order valence-electron chi connectivity index (χ4n) is 3.83. The van der Waals surface area contributed by atoms with Crippen LogP contribution < -0.4 is 5.32 Å². The zero-order valence-electron chi connectivity index (χ0n) is 17.6. The lowest BCUT2D eigenvalue weighted by molar-refractivity contribution is -0.116. The van der Waals surface area contributed by atoms with Crippen LogP contribution in [0.15, 0.2) is 83.3 Å². The van der Waals surface area contributed by atoms with Crippen LogP contribution in [-0.4, -0.2) is 23.5 Å². The molecule has 0 bridgehead atoms. The fraction of sp³-hybridized carbons (Fsp3) is 0.154. The molecule has 0 radical (unpaired) electrons. The highest BCUT2D eigenvalue weighted by atomic mass is 79.9. The number of amides is 1. The largest absolute Gasteiger partial charge is 0.461 e. The summed E-state index contributed by atoms with van der Waals surface area (Å²) in [4.78, 5) is 28.9. The Morgan fingerprint density at radius 3 is 2.19 bits per heavy atom. The van der Waals surface area contributed by atoms with E-state index in [1.165, 1.54) is 0 Å². The van der Waals surface area contributed by atoms with Gasteiger partial charge in [-0.1, -0.05) is 76.6 Å². The molecule has 0 fully saturated rings. The van der Waals surface area contributed by atoms with Crippen LogP contribution in [0.5, 0.6) is 0 Å². The highest BCUT2D eigenvalue weighted by Gasteiger charge is 2.23. The zero-order chi connectivity index (χ0) is 22.5. The number of carbonyl (C=O) groups excluding carboxylic acids is 2. The van der Waals surface area contributed by atoms with E-state index in [4.69, 9.17) is 4.74 Å². The lowest BCUT2D eigenvalue weighted by atomic mass is 9.88. The SMILES string of the molecule is CCOC(=O)c1[nH]c2ccc(Br)cc2c1NC(=O)CC(c1ccccc1)c1ccccc1. The van der Waals surface area contributed by atoms with Gasteiger partial charge in [0.1, 0.15) is 5.69 Å². The van der Waals surface area contributed by atoms with Crippen LogP contribution >= 0.6 is 15.9 Å². The Hall–Kier alpha value is -3.38. The molecule has 4 aromatic rings. The molecule has 0 unspecified atom stereocenters. The molecule has 3 aromatic carbocycles. The maximum Gasteiger partial charge on any atom is 0.356 e. The second kappa shape index (κ2) is 9.83. The third-order valence-electron chi connectivity index (χ3n) is 5.30. The van der Waals surface area contributed by atoms with Crippen LogP contribution in [0.3, 0.4) is 0 Å². The monoisotopic (exact) mass is 490 g/mol. The normalized spacial score (nSPS) is 11.0. The number of hydrogen-bond acceptors (Lipinski definition) is 3. The molecule has 5 nitrogen and oxygen atoms in total. The van der Waals surface area contributed by atoms with Crippen molar-refractivity contribution in [3.8, 4) is 0 Å². The van der Waals surface area contributed by atoms with Gasteiger partial charge < -0.3 is 15.0 Å². The zero-order valence-corrected chi connectivity index (χ0v) is 19.2. The van der Waals surface area contributed by atoms with E-state index in [0.29, 0.717) is 5.69 Å². The number of hydrogen-bond donors (Lipinski definition) is 2. The Labute approximate surface area is 194 Å². The molecule has 0 atom stereocenters. The summed E-state index contributed by atoms with van der Waals surface area (Å²) in [6.07, 6.45) is 0.233. The lowest BCUT2D eigenvalue weighted by Crippen LogP contribution is -2.18. The number of carbonyl (C=O) groups is 2. The van der Waals surface area contributed by atoms with Gasteiger partial charge in [0.05, 0.1) is 12.3 Å². The Morgan fingerprint density at radius 2 is 1.59 bits per heavy atom. The first-order valence-electron chi connectivity index (χ1n) is 10.4. The highest BCUT2D eigenvalue weighted by molar-refractivity contribution is 9.10. The van der Waals surface area contributed by atoms with E-state index in [2.05, 4.69) is 26.2 Å². The molecule has 0 aliphatic carbocycles. The fourth-order valence-corrected chi connectivity index (χ4v) is 4.19. The van der Waals surface area contributed by atoms with Crippen LogP contribution in [0.1, 0.15) is 40.9 Å². The van der Waals surface area contributed by atoms with Crippen molar-refractivity contribution < 1.29 is 14.3 Å². The Kier molecular flexibility index (Phi) is 6.71. The van der Waals surface area contributed by atoms with Gasteiger partial charge in [0, 0.05) is 27.7 Å². The number of halogens is 1. The number of benzene rings is 3. The van der Waals surface area contributed by atoms with Gasteiger partial charge >= 0.3 is 5.97 Å². The van der Waals surface area contributed by atoms with Gasteiger partial charge in [-0.25, -0.2) is 4.79 Å². The minimum atomic E-state index is -0.502. The minimum absolute atomic E-state index is 0.111. The molecule has 32 heavy (non-hydrogen) atoms. The van der Waals surface area contributed by atoms with Crippen LogP contribution in [0.4, 0.5) is 5.69 Å². The molecule has 0 saturated carbocycles. The minimum Gasteiger partial charge on any atom is -0.461 e. The summed E-state index contributed by atoms with van der Waals surface area (Å²) in [6, 6.07) is 25.5. The van der Waals surface area contributed by atoms with E-state index in [0.717, 1.165) is 26.5 Å². The summed E-state index contributed by atoms with van der Waals surface area (Å²) in [7, 11) is 0. The second-order valence-electron chi connectivity index (χ2n) is 7.41. The van der Waals surface area contributed by atoms with Gasteiger partial charge in [-0.15, -0.1) is 0 Å². The molecule has 1 amide bonds. The number of nitrogens with one attached hydrogen (secondary N) is 2. The summed E-state index contributed by atoms with van der Waals surface area (Å²) < 4.78 is 6.04. The predicted molar refractivity (Wildman–Crippen MR) is 130 cm³/mol. The van der Waals surface area contributed by atoms with Gasteiger partial charge in [-0.3, -0.25) is 4.79 Å². The van der Waals surface area contributed by atoms with Crippen LogP contribution in [0, 0.1) is 0 Å². The topological polar surface area (TPSA) is 71.2 Å². The van der Waals surface area contributed by atoms with Crippen LogP contribution in [0.25, 0.3) is 10.9 Å². The van der Waals surface area contributed by atoms with Gasteiger partial charge in [0.25, 0.3) is 0 Å². The molecule has 0 aliphatic heterocycles. The van der Waals surface area contributed by atoms with E-state index in [1.54, 1.807) is 6.92 Å². The number of esters is 1. The third kappa shape index (κ3) is 4.75. The molecule has 0 saturated heterocycles. The Balaban J connectivity index is 1.67. The quantitative estimate of drug-likeness (QED) is 0.300. The first kappa shape index (κ1) is 21.8. The average Bonchev–Trinajstić information content (AvgIpc) is 3.16. The molecule has 6 heteroatoms. The smallest absolute Gasteiger partial charge is 0.356 e. The van der Waals surface area contributed by atoms with Crippen molar-refractivity contribution in [2.45, 2.75) is 19.3 Å². The summed E-state index contributed by atoms with van der Waals surface area (Å²) in [5, 5.41) is 3.72. The van der Waals surface area contributed by atoms with Crippen molar-refractivity contribution in [2.75, 3.05) is 11.9 Å². The van der Waals surface area contributed by atoms with Crippen LogP contribution in [-0.2, 0) is 9.53 Å². The van der Waals surface area contributed by atoms with Crippen molar-refractivity contribution in [3.63, 3.8) is 0 Å². The number of anilines is 1. The summed E-state index contributed by atoms with van der Waals surface area (Å²) in [6.45, 7) is 2.00. The maximum absolute atomic E-state index is 13.2. The van der Waals surface area contributed by atoms with E-state index >= 15 is 0 Å². The molecule has 0 aliphatic rings. The number of rotatable bonds is 7. The Bertz CT molecular complexity index is 1200. The molecule has 4 rings (SSSR count). The summed E-state index contributed by atoms with van der Waals surface area (Å²) in [5.74, 6) is -0.799. The molecular formula is C26H23BrN2O3. The molecule has 2 N–H and O–H groups in total. The molecule has 0 spiro atoms. The van der Waals surface area contributed by atoms with Crippen molar-refractivity contribution in [2.24, 2.45) is 0 Å². The average molecular weight is 491 g/mol. The number of aromatic nitrogens is 1. The van der Waals surface area contributed by atoms with Crippen molar-refractivity contribution >= 4 is 44.4 Å². The van der Waals surface area contributed by atoms with E-state index < -0.39 is 5.97 Å². The van der Waals surface area contributed by atoms with E-state index in [1.807, 2.05) is 78.9 Å². The molecule has 162 valence electrons. The first-order valence-corrected chi connectivity index (χ1v) is 11.2. The van der Waals surface area contributed by atoms with Crippen molar-refractivity contribution in [1.82, 2.24) is 4.98 Å². The second-order valence-corrected chi connectivity index (χ2v) is 8.33. The summed E-state index contributed by atoms with van der Waals surface area (Å²) >= 11 is 3.47. The maximum atomic E-state index is 13.2. The van der Waals surface area contributed by atoms with Gasteiger partial charge in [-0.2, -0.15) is 0 Å². The number of fused-ring (bicyclic) bond motifs is 1. The van der Waals surface area contributed by atoms with Crippen LogP contribution in [0.2, 0.25) is 0 Å².